The fourth-order valence-electron chi connectivity index (χ4n) is 3.42. The molecule has 0 aliphatic rings. The van der Waals surface area contributed by atoms with Crippen LogP contribution in [0.4, 0.5) is 0 Å². The fourth-order valence-corrected chi connectivity index (χ4v) is 3.42. The quantitative estimate of drug-likeness (QED) is 0.113. The lowest BCUT2D eigenvalue weighted by molar-refractivity contribution is -0.116. The normalized spacial score (nSPS) is 11.8. The van der Waals surface area contributed by atoms with Crippen LogP contribution in [-0.4, -0.2) is 5.91 Å². The monoisotopic (exact) mass is 415 g/mol. The van der Waals surface area contributed by atoms with Gasteiger partial charge in [-0.05, 0) is 25.8 Å². The summed E-state index contributed by atoms with van der Waals surface area (Å²) < 4.78 is 0. The first kappa shape index (κ1) is 28.4. The van der Waals surface area contributed by atoms with Gasteiger partial charge in [0.05, 0.1) is 0 Å². The van der Waals surface area contributed by atoms with Crippen LogP contribution in [0, 0.1) is 0 Å². The molecule has 0 bridgehead atoms. The van der Waals surface area contributed by atoms with Gasteiger partial charge >= 0.3 is 0 Å². The van der Waals surface area contributed by atoms with Gasteiger partial charge < -0.3 is 5.32 Å². The van der Waals surface area contributed by atoms with Crippen molar-refractivity contribution in [2.45, 2.75) is 123 Å². The molecular formula is C28H49NO. The van der Waals surface area contributed by atoms with E-state index in [0.29, 0.717) is 5.57 Å². The minimum atomic E-state index is -0.140. The van der Waals surface area contributed by atoms with E-state index < -0.39 is 0 Å². The second-order valence-electron chi connectivity index (χ2n) is 8.52. The molecular weight excluding hydrogens is 366 g/mol. The van der Waals surface area contributed by atoms with Crippen LogP contribution in [0.1, 0.15) is 123 Å². The molecule has 0 saturated carbocycles. The van der Waals surface area contributed by atoms with Gasteiger partial charge in [0.1, 0.15) is 0 Å². The van der Waals surface area contributed by atoms with Crippen LogP contribution < -0.4 is 5.32 Å². The van der Waals surface area contributed by atoms with E-state index in [-0.39, 0.29) is 5.91 Å². The van der Waals surface area contributed by atoms with Crippen LogP contribution in [0.25, 0.3) is 0 Å². The summed E-state index contributed by atoms with van der Waals surface area (Å²) in [5.74, 6) is -0.140. The molecule has 0 heterocycles. The summed E-state index contributed by atoms with van der Waals surface area (Å²) in [6.07, 6.45) is 35.5. The molecule has 0 aromatic rings. The number of nitrogens with one attached hydrogen (secondary N) is 1. The van der Waals surface area contributed by atoms with Crippen LogP contribution in [0.2, 0.25) is 0 Å². The summed E-state index contributed by atoms with van der Waals surface area (Å²) >= 11 is 0. The lowest BCUT2D eigenvalue weighted by Gasteiger charge is -2.03. The third kappa shape index (κ3) is 22.7. The Balaban J connectivity index is 3.26. The zero-order valence-electron chi connectivity index (χ0n) is 20.1. The van der Waals surface area contributed by atoms with Crippen LogP contribution in [0.5, 0.6) is 0 Å². The minimum absolute atomic E-state index is 0.140. The number of hydrogen-bond donors (Lipinski definition) is 1. The smallest absolute Gasteiger partial charge is 0.250 e. The van der Waals surface area contributed by atoms with Gasteiger partial charge in [0.15, 0.2) is 0 Å². The Bertz CT molecular complexity index is 487. The lowest BCUT2D eigenvalue weighted by atomic mass is 10.0. The van der Waals surface area contributed by atoms with Crippen LogP contribution in [0.3, 0.4) is 0 Å². The van der Waals surface area contributed by atoms with Gasteiger partial charge in [-0.15, -0.1) is 0 Å². The average molecular weight is 416 g/mol. The Labute approximate surface area is 188 Å². The molecule has 0 aromatic carbocycles. The van der Waals surface area contributed by atoms with Gasteiger partial charge in [-0.1, -0.05) is 134 Å². The van der Waals surface area contributed by atoms with Crippen LogP contribution in [-0.2, 0) is 4.79 Å². The number of amides is 1. The second-order valence-corrected chi connectivity index (χ2v) is 8.52. The molecule has 0 spiro atoms. The van der Waals surface area contributed by atoms with E-state index in [1.54, 1.807) is 13.1 Å². The number of carbonyl (C=O) groups excluding carboxylic acids is 1. The number of allylic oxidation sites excluding steroid dienone is 5. The fraction of sp³-hybridized carbons (Fsp3) is 0.679. The van der Waals surface area contributed by atoms with E-state index in [1.165, 1.54) is 103 Å². The molecule has 0 rings (SSSR count). The Morgan fingerprint density at radius 2 is 1.10 bits per heavy atom. The van der Waals surface area contributed by atoms with E-state index in [2.05, 4.69) is 31.0 Å². The van der Waals surface area contributed by atoms with E-state index in [4.69, 9.17) is 0 Å². The summed E-state index contributed by atoms with van der Waals surface area (Å²) in [4.78, 5) is 11.3. The molecule has 0 aliphatic heterocycles. The Morgan fingerprint density at radius 3 is 1.57 bits per heavy atom. The highest BCUT2D eigenvalue weighted by Crippen LogP contribution is 2.14. The molecule has 2 nitrogen and oxygen atoms in total. The third-order valence-electron chi connectivity index (χ3n) is 5.39. The number of hydrogen-bond acceptors (Lipinski definition) is 1. The first-order valence-electron chi connectivity index (χ1n) is 12.6. The molecule has 1 N–H and O–H groups in total. The maximum absolute atomic E-state index is 11.3. The minimum Gasteiger partial charge on any atom is -0.329 e. The van der Waals surface area contributed by atoms with Crippen molar-refractivity contribution in [2.75, 3.05) is 0 Å². The molecule has 0 fully saturated rings. The summed E-state index contributed by atoms with van der Waals surface area (Å²) in [5, 5.41) is 2.65. The molecule has 0 aliphatic carbocycles. The molecule has 1 amide bonds. The average Bonchev–Trinajstić information content (AvgIpc) is 2.74. The molecule has 2 heteroatoms. The van der Waals surface area contributed by atoms with Crippen molar-refractivity contribution < 1.29 is 4.79 Å². The van der Waals surface area contributed by atoms with Gasteiger partial charge in [0.25, 0.3) is 0 Å². The predicted octanol–water partition coefficient (Wildman–Crippen LogP) is 8.96. The first-order valence-corrected chi connectivity index (χ1v) is 12.6. The van der Waals surface area contributed by atoms with Gasteiger partial charge in [0.2, 0.25) is 5.91 Å². The summed E-state index contributed by atoms with van der Waals surface area (Å²) in [6, 6.07) is 0. The predicted molar refractivity (Wildman–Crippen MR) is 135 cm³/mol. The van der Waals surface area contributed by atoms with Gasteiger partial charge in [-0.25, -0.2) is 0 Å². The van der Waals surface area contributed by atoms with Gasteiger partial charge in [-0.3, -0.25) is 4.79 Å². The van der Waals surface area contributed by atoms with Crippen molar-refractivity contribution >= 4 is 5.91 Å². The maximum Gasteiger partial charge on any atom is 0.250 e. The molecule has 172 valence electrons. The maximum atomic E-state index is 11.3. The zero-order valence-corrected chi connectivity index (χ0v) is 20.1. The summed E-state index contributed by atoms with van der Waals surface area (Å²) in [5.41, 5.74) is 0.516. The highest BCUT2D eigenvalue weighted by atomic mass is 16.1. The Morgan fingerprint density at radius 1 is 0.667 bits per heavy atom. The SMILES string of the molecule is C=C(C)C(=O)NC=CC=CC=CCCCCCCCCCCCCCCCCCC. The number of rotatable bonds is 21. The van der Waals surface area contributed by atoms with Crippen LogP contribution >= 0.6 is 0 Å². The topological polar surface area (TPSA) is 29.1 Å². The molecule has 0 radical (unpaired) electrons. The summed E-state index contributed by atoms with van der Waals surface area (Å²) in [6.45, 7) is 7.57. The van der Waals surface area contributed by atoms with Crippen molar-refractivity contribution in [3.63, 3.8) is 0 Å². The van der Waals surface area contributed by atoms with Gasteiger partial charge in [-0.2, -0.15) is 0 Å². The van der Waals surface area contributed by atoms with E-state index in [0.717, 1.165) is 6.42 Å². The van der Waals surface area contributed by atoms with E-state index in [9.17, 15) is 4.79 Å². The van der Waals surface area contributed by atoms with Crippen molar-refractivity contribution in [3.8, 4) is 0 Å². The molecule has 0 unspecified atom stereocenters. The first-order chi connectivity index (χ1) is 14.7. The Hall–Kier alpha value is -1.57. The van der Waals surface area contributed by atoms with Crippen molar-refractivity contribution in [1.82, 2.24) is 5.32 Å². The molecule has 0 saturated heterocycles. The zero-order chi connectivity index (χ0) is 22.1. The lowest BCUT2D eigenvalue weighted by Crippen LogP contribution is -2.16. The highest BCUT2D eigenvalue weighted by molar-refractivity contribution is 5.92. The molecule has 0 aromatic heterocycles. The van der Waals surface area contributed by atoms with Crippen molar-refractivity contribution in [3.05, 3.63) is 48.7 Å². The summed E-state index contributed by atoms with van der Waals surface area (Å²) in [7, 11) is 0. The Kier molecular flexibility index (Phi) is 22.5. The highest BCUT2D eigenvalue weighted by Gasteiger charge is 1.95. The van der Waals surface area contributed by atoms with E-state index >= 15 is 0 Å². The molecule has 0 atom stereocenters. The molecule has 30 heavy (non-hydrogen) atoms. The van der Waals surface area contributed by atoms with Gasteiger partial charge in [0, 0.05) is 11.8 Å². The standard InChI is InChI=1S/C28H49NO/c1-4-5-6-7-8-9-10-11-12-13-14-15-16-17-18-19-20-21-22-23-24-25-26-29-28(30)27(2)3/h21-26H,2,4-20H2,1,3H3,(H,29,30). The number of carbonyl (C=O) groups is 1. The largest absolute Gasteiger partial charge is 0.329 e. The second kappa shape index (κ2) is 23.7. The van der Waals surface area contributed by atoms with Crippen LogP contribution in [0.15, 0.2) is 48.7 Å². The number of unbranched alkanes of at least 4 members (excludes halogenated alkanes) is 16. The van der Waals surface area contributed by atoms with Crippen molar-refractivity contribution in [1.29, 1.82) is 0 Å². The van der Waals surface area contributed by atoms with E-state index in [1.807, 2.05) is 18.2 Å². The third-order valence-corrected chi connectivity index (χ3v) is 5.39. The van der Waals surface area contributed by atoms with Crippen molar-refractivity contribution in [2.24, 2.45) is 0 Å².